The number of halogens is 1. The molecule has 0 fully saturated rings. The minimum absolute atomic E-state index is 0.000141. The van der Waals surface area contributed by atoms with E-state index >= 15 is 0 Å². The first-order chi connectivity index (χ1) is 11.5. The number of nitrogens with zero attached hydrogens (tertiary/aromatic N) is 3. The van der Waals surface area contributed by atoms with Gasteiger partial charge in [-0.25, -0.2) is 4.98 Å². The van der Waals surface area contributed by atoms with Gasteiger partial charge in [-0.05, 0) is 44.9 Å². The first-order valence-corrected chi connectivity index (χ1v) is 8.06. The van der Waals surface area contributed by atoms with Crippen molar-refractivity contribution in [2.75, 3.05) is 0 Å². The number of pyridine rings is 1. The van der Waals surface area contributed by atoms with Crippen molar-refractivity contribution in [1.82, 2.24) is 15.1 Å². The molecular formula is C18H18ClN3O2. The fourth-order valence-electron chi connectivity index (χ4n) is 2.30. The van der Waals surface area contributed by atoms with Gasteiger partial charge in [-0.1, -0.05) is 35.0 Å². The van der Waals surface area contributed by atoms with Gasteiger partial charge in [0.05, 0.1) is 11.7 Å². The third-order valence-electron chi connectivity index (χ3n) is 3.67. The zero-order valence-electron chi connectivity index (χ0n) is 14.0. The molecule has 2 heterocycles. The molecule has 24 heavy (non-hydrogen) atoms. The van der Waals surface area contributed by atoms with Crippen molar-refractivity contribution < 1.29 is 9.26 Å². The molecule has 0 amide bonds. The van der Waals surface area contributed by atoms with Crippen molar-refractivity contribution in [3.63, 3.8) is 0 Å². The molecule has 0 saturated heterocycles. The average molecular weight is 344 g/mol. The Morgan fingerprint density at radius 2 is 2.00 bits per heavy atom. The van der Waals surface area contributed by atoms with E-state index < -0.39 is 0 Å². The molecule has 0 aliphatic rings. The predicted octanol–water partition coefficient (Wildman–Crippen LogP) is 4.86. The van der Waals surface area contributed by atoms with Gasteiger partial charge < -0.3 is 9.26 Å². The molecule has 3 aromatic rings. The quantitative estimate of drug-likeness (QED) is 0.677. The Kier molecular flexibility index (Phi) is 4.53. The molecule has 6 heteroatoms. The van der Waals surface area contributed by atoms with E-state index in [1.807, 2.05) is 32.9 Å². The van der Waals surface area contributed by atoms with Crippen LogP contribution in [0.1, 0.15) is 25.0 Å². The molecule has 0 N–H and O–H groups in total. The van der Waals surface area contributed by atoms with E-state index in [9.17, 15) is 0 Å². The van der Waals surface area contributed by atoms with Crippen molar-refractivity contribution in [2.45, 2.75) is 33.8 Å². The number of hydrogen-bond acceptors (Lipinski definition) is 5. The zero-order valence-corrected chi connectivity index (χ0v) is 14.8. The third kappa shape index (κ3) is 3.26. The van der Waals surface area contributed by atoms with Crippen LogP contribution in [0.2, 0.25) is 5.02 Å². The Balaban J connectivity index is 1.93. The normalized spacial score (nSPS) is 11.1. The molecule has 1 aromatic carbocycles. The van der Waals surface area contributed by atoms with Gasteiger partial charge in [-0.3, -0.25) is 0 Å². The summed E-state index contributed by atoms with van der Waals surface area (Å²) in [6.07, 6.45) is 1.62. The van der Waals surface area contributed by atoms with Crippen LogP contribution in [0.15, 0.2) is 35.0 Å². The van der Waals surface area contributed by atoms with Crippen molar-refractivity contribution in [3.8, 4) is 28.7 Å². The van der Waals surface area contributed by atoms with Crippen LogP contribution in [0, 0.1) is 13.8 Å². The Bertz CT molecular complexity index is 874. The van der Waals surface area contributed by atoms with Gasteiger partial charge in [-0.15, -0.1) is 0 Å². The van der Waals surface area contributed by atoms with Crippen LogP contribution in [0.3, 0.4) is 0 Å². The van der Waals surface area contributed by atoms with Gasteiger partial charge in [0.15, 0.2) is 0 Å². The number of aryl methyl sites for hydroxylation is 1. The molecule has 0 radical (unpaired) electrons. The third-order valence-corrected chi connectivity index (χ3v) is 3.94. The number of rotatable bonds is 4. The van der Waals surface area contributed by atoms with E-state index in [0.29, 0.717) is 28.2 Å². The SMILES string of the molecule is Cc1cccc(-c2noc(-c3cnc(OC(C)C)c(Cl)c3)n2)c1C. The Morgan fingerprint density at radius 3 is 2.71 bits per heavy atom. The zero-order chi connectivity index (χ0) is 17.3. The molecule has 2 aromatic heterocycles. The van der Waals surface area contributed by atoms with Gasteiger partial charge in [-0.2, -0.15) is 4.98 Å². The fourth-order valence-corrected chi connectivity index (χ4v) is 2.51. The maximum absolute atomic E-state index is 6.22. The molecule has 0 saturated carbocycles. The maximum Gasteiger partial charge on any atom is 0.259 e. The highest BCUT2D eigenvalue weighted by Crippen LogP contribution is 2.30. The van der Waals surface area contributed by atoms with E-state index in [1.54, 1.807) is 12.3 Å². The largest absolute Gasteiger partial charge is 0.474 e. The molecular weight excluding hydrogens is 326 g/mol. The summed E-state index contributed by atoms with van der Waals surface area (Å²) in [6, 6.07) is 7.72. The molecule has 0 spiro atoms. The highest BCUT2D eigenvalue weighted by atomic mass is 35.5. The van der Waals surface area contributed by atoms with E-state index in [4.69, 9.17) is 20.9 Å². The lowest BCUT2D eigenvalue weighted by Crippen LogP contribution is -2.07. The lowest BCUT2D eigenvalue weighted by molar-refractivity contribution is 0.233. The monoisotopic (exact) mass is 343 g/mol. The summed E-state index contributed by atoms with van der Waals surface area (Å²) in [4.78, 5) is 8.69. The minimum atomic E-state index is 0.000141. The van der Waals surface area contributed by atoms with E-state index in [2.05, 4.69) is 28.1 Å². The Labute approximate surface area is 145 Å². The topological polar surface area (TPSA) is 61.0 Å². The summed E-state index contributed by atoms with van der Waals surface area (Å²) in [5, 5.41) is 4.49. The summed E-state index contributed by atoms with van der Waals surface area (Å²) in [5.74, 6) is 1.31. The van der Waals surface area contributed by atoms with Crippen LogP contribution in [0.4, 0.5) is 0 Å². The van der Waals surface area contributed by atoms with Gasteiger partial charge in [0, 0.05) is 11.8 Å². The Morgan fingerprint density at radius 1 is 1.21 bits per heavy atom. The van der Waals surface area contributed by atoms with Crippen molar-refractivity contribution in [1.29, 1.82) is 0 Å². The first kappa shape index (κ1) is 16.5. The molecule has 0 unspecified atom stereocenters. The molecule has 0 bridgehead atoms. The molecule has 0 atom stereocenters. The molecule has 5 nitrogen and oxygen atoms in total. The van der Waals surface area contributed by atoms with Gasteiger partial charge in [0.25, 0.3) is 5.89 Å². The first-order valence-electron chi connectivity index (χ1n) is 7.68. The van der Waals surface area contributed by atoms with Crippen LogP contribution in [0.5, 0.6) is 5.88 Å². The van der Waals surface area contributed by atoms with Crippen molar-refractivity contribution >= 4 is 11.6 Å². The predicted molar refractivity (Wildman–Crippen MR) is 93.2 cm³/mol. The molecule has 0 aliphatic heterocycles. The van der Waals surface area contributed by atoms with Gasteiger partial charge in [0.2, 0.25) is 11.7 Å². The summed E-state index contributed by atoms with van der Waals surface area (Å²) in [6.45, 7) is 7.93. The molecule has 3 rings (SSSR count). The summed E-state index contributed by atoms with van der Waals surface area (Å²) >= 11 is 6.22. The summed E-state index contributed by atoms with van der Waals surface area (Å²) in [7, 11) is 0. The minimum Gasteiger partial charge on any atom is -0.474 e. The van der Waals surface area contributed by atoms with Crippen molar-refractivity contribution in [2.24, 2.45) is 0 Å². The number of aromatic nitrogens is 3. The Hall–Kier alpha value is -2.40. The van der Waals surface area contributed by atoms with Crippen LogP contribution in [-0.4, -0.2) is 21.2 Å². The smallest absolute Gasteiger partial charge is 0.259 e. The highest BCUT2D eigenvalue weighted by Gasteiger charge is 2.15. The summed E-state index contributed by atoms with van der Waals surface area (Å²) < 4.78 is 10.9. The van der Waals surface area contributed by atoms with Crippen LogP contribution >= 0.6 is 11.6 Å². The van der Waals surface area contributed by atoms with Gasteiger partial charge in [0.1, 0.15) is 5.02 Å². The second-order valence-electron chi connectivity index (χ2n) is 5.85. The van der Waals surface area contributed by atoms with E-state index in [0.717, 1.165) is 11.1 Å². The van der Waals surface area contributed by atoms with Gasteiger partial charge >= 0.3 is 0 Å². The van der Waals surface area contributed by atoms with E-state index in [-0.39, 0.29) is 6.10 Å². The number of ether oxygens (including phenoxy) is 1. The van der Waals surface area contributed by atoms with E-state index in [1.165, 1.54) is 5.56 Å². The second-order valence-corrected chi connectivity index (χ2v) is 6.26. The molecule has 0 aliphatic carbocycles. The van der Waals surface area contributed by atoms with Crippen molar-refractivity contribution in [3.05, 3.63) is 46.6 Å². The summed E-state index contributed by atoms with van der Waals surface area (Å²) in [5.41, 5.74) is 3.91. The van der Waals surface area contributed by atoms with Crippen LogP contribution in [-0.2, 0) is 0 Å². The maximum atomic E-state index is 6.22. The average Bonchev–Trinajstić information content (AvgIpc) is 3.01. The highest BCUT2D eigenvalue weighted by molar-refractivity contribution is 6.32. The lowest BCUT2D eigenvalue weighted by atomic mass is 10.0. The van der Waals surface area contributed by atoms with Crippen LogP contribution < -0.4 is 4.74 Å². The standard InChI is InChI=1S/C18H18ClN3O2/c1-10(2)23-18-15(19)8-13(9-20-18)17-21-16(22-24-17)14-7-5-6-11(3)12(14)4/h5-10H,1-4H3. The number of benzene rings is 1. The lowest BCUT2D eigenvalue weighted by Gasteiger charge is -2.09. The fraction of sp³-hybridized carbons (Fsp3) is 0.278. The molecule has 124 valence electrons. The number of hydrogen-bond donors (Lipinski definition) is 0. The second kappa shape index (κ2) is 6.61. The van der Waals surface area contributed by atoms with Crippen LogP contribution in [0.25, 0.3) is 22.8 Å².